The van der Waals surface area contributed by atoms with Crippen molar-refractivity contribution >= 4 is 5.78 Å². The van der Waals surface area contributed by atoms with Crippen molar-refractivity contribution in [1.82, 2.24) is 0 Å². The van der Waals surface area contributed by atoms with Crippen molar-refractivity contribution in [3.8, 4) is 0 Å². The molecular formula is C14H18O. The van der Waals surface area contributed by atoms with Gasteiger partial charge in [-0.2, -0.15) is 0 Å². The lowest BCUT2D eigenvalue weighted by Gasteiger charge is -2.37. The monoisotopic (exact) mass is 202 g/mol. The van der Waals surface area contributed by atoms with Gasteiger partial charge in [-0.25, -0.2) is 0 Å². The van der Waals surface area contributed by atoms with Crippen molar-refractivity contribution in [2.45, 2.75) is 39.0 Å². The van der Waals surface area contributed by atoms with E-state index in [-0.39, 0.29) is 11.3 Å². The van der Waals surface area contributed by atoms with E-state index in [4.69, 9.17) is 0 Å². The van der Waals surface area contributed by atoms with Crippen LogP contribution in [0.1, 0.15) is 44.6 Å². The fraction of sp³-hybridized carbons (Fsp3) is 0.500. The first-order valence-corrected chi connectivity index (χ1v) is 5.69. The zero-order valence-electron chi connectivity index (χ0n) is 9.49. The number of carbonyl (C=O) groups is 1. The molecule has 0 aromatic heterocycles. The Morgan fingerprint density at radius 3 is 2.47 bits per heavy atom. The Kier molecular flexibility index (Phi) is 2.64. The molecule has 1 aliphatic carbocycles. The molecule has 0 spiro atoms. The summed E-state index contributed by atoms with van der Waals surface area (Å²) in [6.45, 7) is 4.42. The van der Waals surface area contributed by atoms with Crippen LogP contribution < -0.4 is 0 Å². The molecule has 15 heavy (non-hydrogen) atoms. The largest absolute Gasteiger partial charge is 0.299 e. The highest BCUT2D eigenvalue weighted by Crippen LogP contribution is 2.44. The summed E-state index contributed by atoms with van der Waals surface area (Å²) < 4.78 is 0. The molecule has 1 atom stereocenters. The van der Waals surface area contributed by atoms with Crippen LogP contribution >= 0.6 is 0 Å². The van der Waals surface area contributed by atoms with Crippen LogP contribution in [0, 0.1) is 5.41 Å². The van der Waals surface area contributed by atoms with Crippen LogP contribution in [0.5, 0.6) is 0 Å². The third-order valence-electron chi connectivity index (χ3n) is 3.48. The van der Waals surface area contributed by atoms with Crippen LogP contribution in [-0.2, 0) is 4.79 Å². The minimum Gasteiger partial charge on any atom is -0.299 e. The summed E-state index contributed by atoms with van der Waals surface area (Å²) in [6.07, 6.45) is 2.95. The van der Waals surface area contributed by atoms with Gasteiger partial charge in [-0.15, -0.1) is 0 Å². The van der Waals surface area contributed by atoms with Crippen molar-refractivity contribution in [1.29, 1.82) is 0 Å². The van der Waals surface area contributed by atoms with Crippen molar-refractivity contribution in [2.24, 2.45) is 5.41 Å². The van der Waals surface area contributed by atoms with E-state index in [1.807, 2.05) is 18.2 Å². The molecule has 1 nitrogen and oxygen atoms in total. The Labute approximate surface area is 91.5 Å². The molecule has 2 rings (SSSR count). The summed E-state index contributed by atoms with van der Waals surface area (Å²) in [4.78, 5) is 12.0. The summed E-state index contributed by atoms with van der Waals surface area (Å²) >= 11 is 0. The normalized spacial score (nSPS) is 25.2. The number of ketones is 1. The quantitative estimate of drug-likeness (QED) is 0.680. The minimum absolute atomic E-state index is 0.104. The molecule has 0 radical (unpaired) electrons. The highest BCUT2D eigenvalue weighted by molar-refractivity contribution is 5.87. The number of rotatable bonds is 1. The average Bonchev–Trinajstić information content (AvgIpc) is 2.17. The van der Waals surface area contributed by atoms with E-state index in [0.29, 0.717) is 5.78 Å². The van der Waals surface area contributed by atoms with E-state index in [9.17, 15) is 4.79 Å². The zero-order chi connectivity index (χ0) is 10.9. The van der Waals surface area contributed by atoms with Crippen molar-refractivity contribution < 1.29 is 4.79 Å². The average molecular weight is 202 g/mol. The Morgan fingerprint density at radius 1 is 1.20 bits per heavy atom. The molecule has 1 heteroatoms. The molecule has 0 heterocycles. The summed E-state index contributed by atoms with van der Waals surface area (Å²) in [5.74, 6) is 0.518. The van der Waals surface area contributed by atoms with Gasteiger partial charge < -0.3 is 0 Å². The summed E-state index contributed by atoms with van der Waals surface area (Å²) in [5, 5.41) is 0. The van der Waals surface area contributed by atoms with Crippen LogP contribution in [0.4, 0.5) is 0 Å². The number of carbonyl (C=O) groups excluding carboxylic acids is 1. The molecule has 0 N–H and O–H groups in total. The van der Waals surface area contributed by atoms with Crippen LogP contribution in [0.15, 0.2) is 30.3 Å². The fourth-order valence-electron chi connectivity index (χ4n) is 2.73. The molecule has 0 aliphatic heterocycles. The van der Waals surface area contributed by atoms with Gasteiger partial charge in [0.15, 0.2) is 0 Å². The Hall–Kier alpha value is -1.11. The smallest absolute Gasteiger partial charge is 0.140 e. The van der Waals surface area contributed by atoms with Crippen LogP contribution in [0.3, 0.4) is 0 Å². The van der Waals surface area contributed by atoms with E-state index in [1.165, 1.54) is 5.56 Å². The van der Waals surface area contributed by atoms with E-state index < -0.39 is 0 Å². The minimum atomic E-state index is 0.104. The first kappa shape index (κ1) is 10.4. The Balaban J connectivity index is 2.36. The fourth-order valence-corrected chi connectivity index (χ4v) is 2.73. The van der Waals surface area contributed by atoms with Crippen molar-refractivity contribution in [2.75, 3.05) is 0 Å². The molecule has 1 unspecified atom stereocenters. The van der Waals surface area contributed by atoms with Crippen molar-refractivity contribution in [3.05, 3.63) is 35.9 Å². The predicted molar refractivity (Wildman–Crippen MR) is 61.8 cm³/mol. The Morgan fingerprint density at radius 2 is 1.87 bits per heavy atom. The van der Waals surface area contributed by atoms with Crippen LogP contribution in [0.25, 0.3) is 0 Å². The molecule has 1 aliphatic rings. The van der Waals surface area contributed by atoms with Gasteiger partial charge in [0, 0.05) is 12.3 Å². The predicted octanol–water partition coefficient (Wildman–Crippen LogP) is 3.55. The summed E-state index contributed by atoms with van der Waals surface area (Å²) in [5.41, 5.74) is 1.31. The van der Waals surface area contributed by atoms with E-state index in [0.717, 1.165) is 19.3 Å². The van der Waals surface area contributed by atoms with Gasteiger partial charge >= 0.3 is 0 Å². The molecule has 1 fully saturated rings. The third-order valence-corrected chi connectivity index (χ3v) is 3.48. The van der Waals surface area contributed by atoms with E-state index in [1.54, 1.807) is 0 Å². The molecule has 1 aromatic carbocycles. The van der Waals surface area contributed by atoms with Crippen molar-refractivity contribution in [3.63, 3.8) is 0 Å². The highest BCUT2D eigenvalue weighted by atomic mass is 16.1. The van der Waals surface area contributed by atoms with Crippen LogP contribution in [-0.4, -0.2) is 5.78 Å². The molecule has 0 saturated heterocycles. The molecule has 0 amide bonds. The van der Waals surface area contributed by atoms with E-state index in [2.05, 4.69) is 26.0 Å². The highest BCUT2D eigenvalue weighted by Gasteiger charge is 2.38. The first-order chi connectivity index (χ1) is 7.11. The van der Waals surface area contributed by atoms with Gasteiger partial charge in [-0.05, 0) is 23.8 Å². The van der Waals surface area contributed by atoms with Gasteiger partial charge in [0.2, 0.25) is 0 Å². The van der Waals surface area contributed by atoms with Gasteiger partial charge in [0.1, 0.15) is 5.78 Å². The van der Waals surface area contributed by atoms with Gasteiger partial charge in [-0.3, -0.25) is 4.79 Å². The van der Waals surface area contributed by atoms with Crippen LogP contribution in [0.2, 0.25) is 0 Å². The maximum Gasteiger partial charge on any atom is 0.140 e. The standard InChI is InChI=1S/C14H18O/c1-14(2)10-6-9-12(15)13(14)11-7-4-3-5-8-11/h3-5,7-8,13H,6,9-10H2,1-2H3. The lowest BCUT2D eigenvalue weighted by atomic mass is 9.65. The number of benzene rings is 1. The van der Waals surface area contributed by atoms with Gasteiger partial charge in [0.05, 0.1) is 0 Å². The summed E-state index contributed by atoms with van der Waals surface area (Å²) in [7, 11) is 0. The third kappa shape index (κ3) is 1.97. The van der Waals surface area contributed by atoms with Gasteiger partial charge in [-0.1, -0.05) is 44.2 Å². The maximum atomic E-state index is 12.0. The maximum absolute atomic E-state index is 12.0. The second-order valence-corrected chi connectivity index (χ2v) is 5.15. The zero-order valence-corrected chi connectivity index (χ0v) is 9.49. The topological polar surface area (TPSA) is 17.1 Å². The number of hydrogen-bond acceptors (Lipinski definition) is 1. The molecular weight excluding hydrogens is 184 g/mol. The second-order valence-electron chi connectivity index (χ2n) is 5.15. The summed E-state index contributed by atoms with van der Waals surface area (Å²) in [6, 6.07) is 10.2. The lowest BCUT2D eigenvalue weighted by molar-refractivity contribution is -0.125. The lowest BCUT2D eigenvalue weighted by Crippen LogP contribution is -2.33. The number of hydrogen-bond donors (Lipinski definition) is 0. The molecule has 1 saturated carbocycles. The molecule has 1 aromatic rings. The van der Waals surface area contributed by atoms with Gasteiger partial charge in [0.25, 0.3) is 0 Å². The molecule has 0 bridgehead atoms. The number of Topliss-reactive ketones (excluding diaryl/α,β-unsaturated/α-hetero) is 1. The first-order valence-electron chi connectivity index (χ1n) is 5.69. The van der Waals surface area contributed by atoms with E-state index >= 15 is 0 Å². The molecule has 80 valence electrons. The Bertz CT molecular complexity index is 351. The second kappa shape index (κ2) is 3.80. The SMILES string of the molecule is CC1(C)CCCC(=O)C1c1ccccc1.